The zero-order valence-electron chi connectivity index (χ0n) is 18.6. The first-order valence-electron chi connectivity index (χ1n) is 11.1. The Morgan fingerprint density at radius 3 is 2.57 bits per heavy atom. The lowest BCUT2D eigenvalue weighted by Crippen LogP contribution is -2.59. The van der Waals surface area contributed by atoms with Gasteiger partial charge in [-0.05, 0) is 47.1 Å². The van der Waals surface area contributed by atoms with Crippen LogP contribution in [0.4, 0.5) is 5.69 Å². The molecule has 11 heteroatoms. The highest BCUT2D eigenvalue weighted by atomic mass is 35.5. The summed E-state index contributed by atoms with van der Waals surface area (Å²) in [5.41, 5.74) is 1.59. The second kappa shape index (κ2) is 10.2. The van der Waals surface area contributed by atoms with Gasteiger partial charge in [0.05, 0.1) is 19.0 Å². The summed E-state index contributed by atoms with van der Waals surface area (Å²) < 4.78 is 10.4. The molecule has 0 radical (unpaired) electrons. The Morgan fingerprint density at radius 1 is 1.14 bits per heavy atom. The van der Waals surface area contributed by atoms with Crippen molar-refractivity contribution >= 4 is 35.1 Å². The van der Waals surface area contributed by atoms with Gasteiger partial charge in [-0.25, -0.2) is 4.99 Å². The minimum Gasteiger partial charge on any atom is -0.436 e. The molecule has 0 spiro atoms. The fourth-order valence-corrected chi connectivity index (χ4v) is 3.77. The number of carbonyl (C=O) groups is 2. The summed E-state index contributed by atoms with van der Waals surface area (Å²) in [5.74, 6) is 0.845. The van der Waals surface area contributed by atoms with Crippen LogP contribution in [0.2, 0.25) is 5.02 Å². The third-order valence-electron chi connectivity index (χ3n) is 5.71. The maximum atomic E-state index is 13.4. The molecule has 3 aromatic rings. The predicted molar refractivity (Wildman–Crippen MR) is 129 cm³/mol. The molecule has 0 saturated carbocycles. The molecule has 0 aliphatic carbocycles. The molecule has 3 N–H and O–H groups in total. The summed E-state index contributed by atoms with van der Waals surface area (Å²) in [4.78, 5) is 32.0. The van der Waals surface area contributed by atoms with Crippen molar-refractivity contribution in [2.24, 2.45) is 10.9 Å². The van der Waals surface area contributed by atoms with Crippen LogP contribution in [0.25, 0.3) is 0 Å². The normalized spacial score (nSPS) is 18.0. The van der Waals surface area contributed by atoms with Crippen molar-refractivity contribution in [3.63, 3.8) is 0 Å². The second-order valence-corrected chi connectivity index (χ2v) is 8.66. The number of hydrogen-bond acceptors (Lipinski definition) is 8. The smallest absolute Gasteiger partial charge is 0.259 e. The molecule has 1 saturated heterocycles. The van der Waals surface area contributed by atoms with E-state index in [1.54, 1.807) is 42.5 Å². The molecule has 1 fully saturated rings. The van der Waals surface area contributed by atoms with Crippen molar-refractivity contribution in [3.05, 3.63) is 71.4 Å². The summed E-state index contributed by atoms with van der Waals surface area (Å²) in [6.45, 7) is 1.66. The highest BCUT2D eigenvalue weighted by Gasteiger charge is 2.35. The van der Waals surface area contributed by atoms with Crippen LogP contribution in [0.1, 0.15) is 5.56 Å². The summed E-state index contributed by atoms with van der Waals surface area (Å²) >= 11 is 6.02. The average Bonchev–Trinajstić information content (AvgIpc) is 3.32. The van der Waals surface area contributed by atoms with Gasteiger partial charge in [0.15, 0.2) is 0 Å². The minimum absolute atomic E-state index is 0.117. The Bertz CT molecular complexity index is 1210. The number of guanidine groups is 1. The number of nitrogens with zero attached hydrogens (tertiary/aromatic N) is 3. The van der Waals surface area contributed by atoms with E-state index in [0.29, 0.717) is 41.4 Å². The van der Waals surface area contributed by atoms with E-state index in [1.807, 2.05) is 12.1 Å². The number of amides is 2. The number of aliphatic imine (C=N–C) groups is 1. The summed E-state index contributed by atoms with van der Waals surface area (Å²) in [6, 6.07) is 15.3. The number of ether oxygens (including phenoxy) is 1. The van der Waals surface area contributed by atoms with Gasteiger partial charge in [0, 0.05) is 29.9 Å². The lowest BCUT2D eigenvalue weighted by Gasteiger charge is -2.34. The maximum absolute atomic E-state index is 13.4. The molecule has 35 heavy (non-hydrogen) atoms. The zero-order chi connectivity index (χ0) is 24.2. The molecule has 1 atom stereocenters. The Kier molecular flexibility index (Phi) is 6.64. The van der Waals surface area contributed by atoms with Crippen molar-refractivity contribution in [1.29, 1.82) is 0 Å². The molecule has 3 heterocycles. The van der Waals surface area contributed by atoms with E-state index in [9.17, 15) is 9.59 Å². The average molecular weight is 495 g/mol. The molecule has 1 aromatic heterocycles. The molecule has 2 aromatic carbocycles. The largest absolute Gasteiger partial charge is 0.436 e. The maximum Gasteiger partial charge on any atom is 0.259 e. The van der Waals surface area contributed by atoms with Crippen LogP contribution in [-0.4, -0.2) is 53.5 Å². The summed E-state index contributed by atoms with van der Waals surface area (Å²) in [7, 11) is 0. The number of hydrogen-bond donors (Lipinski definition) is 3. The minimum atomic E-state index is -0.723. The van der Waals surface area contributed by atoms with E-state index in [-0.39, 0.29) is 30.8 Å². The van der Waals surface area contributed by atoms with E-state index >= 15 is 0 Å². The fourth-order valence-electron chi connectivity index (χ4n) is 3.65. The van der Waals surface area contributed by atoms with Crippen molar-refractivity contribution < 1.29 is 18.8 Å². The van der Waals surface area contributed by atoms with Gasteiger partial charge in [-0.3, -0.25) is 14.5 Å². The third-order valence-corrected chi connectivity index (χ3v) is 5.97. The van der Waals surface area contributed by atoms with Gasteiger partial charge in [-0.15, -0.1) is 0 Å². The van der Waals surface area contributed by atoms with Crippen LogP contribution in [-0.2, 0) is 16.1 Å². The van der Waals surface area contributed by atoms with Crippen LogP contribution in [0.3, 0.4) is 0 Å². The number of carbonyl (C=O) groups excluding carboxylic acids is 2. The lowest BCUT2D eigenvalue weighted by molar-refractivity contribution is -0.135. The van der Waals surface area contributed by atoms with Crippen molar-refractivity contribution in [2.75, 3.05) is 25.0 Å². The number of rotatable bonds is 7. The van der Waals surface area contributed by atoms with Gasteiger partial charge in [-0.2, -0.15) is 0 Å². The SMILES string of the molecule is O=C(NC1CN=C(Nc2ccc(Oc3ccon3)cc2)N(Cc2ccc(Cl)cc2)C1=O)C1CNC1. The standard InChI is InChI=1S/C24H23ClN6O4/c25-17-3-1-15(2-4-17)14-31-23(33)20(29-22(32)16-11-26-12-16)13-27-24(31)28-18-5-7-19(8-6-18)35-21-9-10-34-30-21/h1-10,16,20,26H,11-14H2,(H,27,28)(H,29,32). The van der Waals surface area contributed by atoms with Gasteiger partial charge >= 0.3 is 0 Å². The predicted octanol–water partition coefficient (Wildman–Crippen LogP) is 2.63. The van der Waals surface area contributed by atoms with Gasteiger partial charge in [0.25, 0.3) is 11.8 Å². The Hall–Kier alpha value is -3.89. The molecule has 10 nitrogen and oxygen atoms in total. The molecule has 2 aliphatic rings. The lowest BCUT2D eigenvalue weighted by atomic mass is 10.0. The molecule has 0 bridgehead atoms. The van der Waals surface area contributed by atoms with Crippen molar-refractivity contribution in [1.82, 2.24) is 20.7 Å². The molecular formula is C24H23ClN6O4. The Balaban J connectivity index is 1.32. The van der Waals surface area contributed by atoms with E-state index in [2.05, 4.69) is 26.1 Å². The number of halogens is 1. The first-order chi connectivity index (χ1) is 17.0. The van der Waals surface area contributed by atoms with Gasteiger partial charge < -0.3 is 25.2 Å². The number of benzene rings is 2. The molecule has 5 rings (SSSR count). The van der Waals surface area contributed by atoms with Crippen LogP contribution in [0.15, 0.2) is 70.4 Å². The first kappa shape index (κ1) is 22.9. The first-order valence-corrected chi connectivity index (χ1v) is 11.5. The number of nitrogens with one attached hydrogen (secondary N) is 3. The van der Waals surface area contributed by atoms with Gasteiger partial charge in [-0.1, -0.05) is 23.7 Å². The zero-order valence-corrected chi connectivity index (χ0v) is 19.4. The molecular weight excluding hydrogens is 472 g/mol. The van der Waals surface area contributed by atoms with E-state index in [4.69, 9.17) is 20.9 Å². The molecule has 2 aliphatic heterocycles. The summed E-state index contributed by atoms with van der Waals surface area (Å²) in [5, 5.41) is 13.5. The van der Waals surface area contributed by atoms with Crippen LogP contribution in [0.5, 0.6) is 11.6 Å². The number of anilines is 1. The highest BCUT2D eigenvalue weighted by molar-refractivity contribution is 6.30. The molecule has 1 unspecified atom stereocenters. The monoisotopic (exact) mass is 494 g/mol. The third kappa shape index (κ3) is 5.44. The molecule has 2 amide bonds. The topological polar surface area (TPSA) is 121 Å². The van der Waals surface area contributed by atoms with Gasteiger partial charge in [0.2, 0.25) is 11.9 Å². The molecule has 180 valence electrons. The van der Waals surface area contributed by atoms with Crippen LogP contribution >= 0.6 is 11.6 Å². The number of aromatic nitrogens is 1. The second-order valence-electron chi connectivity index (χ2n) is 8.22. The van der Waals surface area contributed by atoms with Gasteiger partial charge in [0.1, 0.15) is 18.1 Å². The summed E-state index contributed by atoms with van der Waals surface area (Å²) in [6.07, 6.45) is 1.43. The Morgan fingerprint density at radius 2 is 1.91 bits per heavy atom. The van der Waals surface area contributed by atoms with Crippen LogP contribution in [0, 0.1) is 5.92 Å². The quantitative estimate of drug-likeness (QED) is 0.461. The van der Waals surface area contributed by atoms with E-state index < -0.39 is 6.04 Å². The van der Waals surface area contributed by atoms with E-state index in [0.717, 1.165) is 5.56 Å². The van der Waals surface area contributed by atoms with Crippen molar-refractivity contribution in [3.8, 4) is 11.6 Å². The van der Waals surface area contributed by atoms with Crippen molar-refractivity contribution in [2.45, 2.75) is 12.6 Å². The Labute approximate surface area is 206 Å². The fraction of sp³-hybridized carbons (Fsp3) is 0.250. The van der Waals surface area contributed by atoms with E-state index in [1.165, 1.54) is 11.2 Å². The van der Waals surface area contributed by atoms with Crippen LogP contribution < -0.4 is 20.7 Å². The highest BCUT2D eigenvalue weighted by Crippen LogP contribution is 2.23.